The van der Waals surface area contributed by atoms with E-state index >= 15 is 0 Å². The van der Waals surface area contributed by atoms with E-state index in [1.165, 1.54) is 0 Å². The maximum absolute atomic E-state index is 11.3. The molecule has 1 aliphatic heterocycles. The highest BCUT2D eigenvalue weighted by molar-refractivity contribution is 6.34. The molecule has 15 heavy (non-hydrogen) atoms. The van der Waals surface area contributed by atoms with Crippen molar-refractivity contribution in [2.45, 2.75) is 0 Å². The number of amides is 1. The number of nitrogens with one attached hydrogen (secondary N) is 1. The quantitative estimate of drug-likeness (QED) is 0.771. The van der Waals surface area contributed by atoms with Crippen molar-refractivity contribution in [3.8, 4) is 0 Å². The van der Waals surface area contributed by atoms with E-state index in [0.29, 0.717) is 16.4 Å². The standard InChI is InChI=1S/C10H9ClN2O2/c11-7-2-1-3-8-10(7)13(4-5-14)6-9(15)12-8/h1-3,5H,4,6H2,(H,12,15). The average molecular weight is 225 g/mol. The maximum atomic E-state index is 11.3. The summed E-state index contributed by atoms with van der Waals surface area (Å²) in [6, 6.07) is 5.25. The molecular formula is C10H9ClN2O2. The summed E-state index contributed by atoms with van der Waals surface area (Å²) in [4.78, 5) is 23.5. The lowest BCUT2D eigenvalue weighted by Gasteiger charge is -2.29. The predicted molar refractivity (Wildman–Crippen MR) is 58.4 cm³/mol. The molecule has 0 atom stereocenters. The molecule has 5 heteroatoms. The number of fused-ring (bicyclic) bond motifs is 1. The molecule has 1 heterocycles. The molecule has 1 aromatic rings. The number of carbonyl (C=O) groups excluding carboxylic acids is 2. The van der Waals surface area contributed by atoms with Crippen LogP contribution in [0.2, 0.25) is 5.02 Å². The zero-order valence-corrected chi connectivity index (χ0v) is 8.62. The largest absolute Gasteiger partial charge is 0.352 e. The number of carbonyl (C=O) groups is 2. The average Bonchev–Trinajstić information content (AvgIpc) is 2.17. The number of hydrogen-bond acceptors (Lipinski definition) is 3. The summed E-state index contributed by atoms with van der Waals surface area (Å²) in [5.41, 5.74) is 1.37. The number of benzene rings is 1. The Hall–Kier alpha value is -1.55. The van der Waals surface area contributed by atoms with Crippen LogP contribution in [0.5, 0.6) is 0 Å². The van der Waals surface area contributed by atoms with Gasteiger partial charge in [0.1, 0.15) is 6.29 Å². The molecule has 0 saturated carbocycles. The summed E-state index contributed by atoms with van der Waals surface area (Å²) in [5.74, 6) is -0.133. The molecule has 0 spiro atoms. The number of nitrogens with zero attached hydrogens (tertiary/aromatic N) is 1. The van der Waals surface area contributed by atoms with Crippen molar-refractivity contribution in [3.05, 3.63) is 23.2 Å². The van der Waals surface area contributed by atoms with Gasteiger partial charge in [-0.15, -0.1) is 0 Å². The summed E-state index contributed by atoms with van der Waals surface area (Å²) in [6.07, 6.45) is 0.756. The van der Waals surface area contributed by atoms with E-state index < -0.39 is 0 Å². The molecule has 1 aromatic carbocycles. The van der Waals surface area contributed by atoms with Crippen LogP contribution < -0.4 is 10.2 Å². The second-order valence-corrected chi connectivity index (χ2v) is 3.64. The number of aldehydes is 1. The van der Waals surface area contributed by atoms with Gasteiger partial charge in [-0.3, -0.25) is 4.79 Å². The molecule has 78 valence electrons. The van der Waals surface area contributed by atoms with Crippen LogP contribution in [-0.4, -0.2) is 25.3 Å². The molecule has 1 N–H and O–H groups in total. The van der Waals surface area contributed by atoms with Crippen LogP contribution in [0.25, 0.3) is 0 Å². The third-order valence-corrected chi connectivity index (χ3v) is 2.51. The van der Waals surface area contributed by atoms with Crippen molar-refractivity contribution in [2.24, 2.45) is 0 Å². The third-order valence-electron chi connectivity index (χ3n) is 2.21. The monoisotopic (exact) mass is 224 g/mol. The fourth-order valence-corrected chi connectivity index (χ4v) is 1.92. The van der Waals surface area contributed by atoms with Gasteiger partial charge in [-0.1, -0.05) is 17.7 Å². The first kappa shape index (κ1) is 9.98. The van der Waals surface area contributed by atoms with E-state index in [9.17, 15) is 9.59 Å². The molecule has 4 nitrogen and oxygen atoms in total. The molecule has 1 amide bonds. The number of halogens is 1. The van der Waals surface area contributed by atoms with Crippen LogP contribution in [0.1, 0.15) is 0 Å². The van der Waals surface area contributed by atoms with Crippen LogP contribution in [0.4, 0.5) is 11.4 Å². The SMILES string of the molecule is O=CCN1CC(=O)Nc2cccc(Cl)c21. The molecule has 0 unspecified atom stereocenters. The van der Waals surface area contributed by atoms with E-state index in [4.69, 9.17) is 11.6 Å². The summed E-state index contributed by atoms with van der Waals surface area (Å²) in [7, 11) is 0. The van der Waals surface area contributed by atoms with Gasteiger partial charge >= 0.3 is 0 Å². The second kappa shape index (κ2) is 3.90. The van der Waals surface area contributed by atoms with Crippen LogP contribution in [-0.2, 0) is 9.59 Å². The van der Waals surface area contributed by atoms with Gasteiger partial charge in [0.05, 0.1) is 29.5 Å². The summed E-state index contributed by atoms with van der Waals surface area (Å²) in [5, 5.41) is 3.24. The molecule has 0 radical (unpaired) electrons. The minimum Gasteiger partial charge on any atom is -0.352 e. The first-order valence-electron chi connectivity index (χ1n) is 4.49. The zero-order chi connectivity index (χ0) is 10.8. The topological polar surface area (TPSA) is 49.4 Å². The number of anilines is 2. The van der Waals surface area contributed by atoms with Crippen molar-refractivity contribution >= 4 is 35.2 Å². The van der Waals surface area contributed by atoms with Crippen LogP contribution in [0.3, 0.4) is 0 Å². The highest BCUT2D eigenvalue weighted by Crippen LogP contribution is 2.35. The molecule has 1 aliphatic rings. The molecular weight excluding hydrogens is 216 g/mol. The van der Waals surface area contributed by atoms with E-state index in [2.05, 4.69) is 5.32 Å². The zero-order valence-electron chi connectivity index (χ0n) is 7.87. The summed E-state index contributed by atoms with van der Waals surface area (Å²) < 4.78 is 0. The van der Waals surface area contributed by atoms with E-state index in [1.807, 2.05) is 0 Å². The van der Waals surface area contributed by atoms with Crippen molar-refractivity contribution in [3.63, 3.8) is 0 Å². The van der Waals surface area contributed by atoms with Crippen molar-refractivity contribution < 1.29 is 9.59 Å². The fourth-order valence-electron chi connectivity index (χ4n) is 1.63. The van der Waals surface area contributed by atoms with Crippen molar-refractivity contribution in [1.82, 2.24) is 0 Å². The van der Waals surface area contributed by atoms with Gasteiger partial charge < -0.3 is 15.0 Å². The van der Waals surface area contributed by atoms with Gasteiger partial charge in [0.25, 0.3) is 0 Å². The molecule has 2 rings (SSSR count). The molecule has 0 aromatic heterocycles. The Bertz CT molecular complexity index is 420. The Morgan fingerprint density at radius 2 is 2.33 bits per heavy atom. The molecule has 0 fully saturated rings. The Balaban J connectivity index is 2.47. The Labute approximate surface area is 91.8 Å². The van der Waals surface area contributed by atoms with Gasteiger partial charge in [0.2, 0.25) is 5.91 Å². The summed E-state index contributed by atoms with van der Waals surface area (Å²) in [6.45, 7) is 0.333. The second-order valence-electron chi connectivity index (χ2n) is 3.23. The molecule has 0 saturated heterocycles. The van der Waals surface area contributed by atoms with Gasteiger partial charge in [-0.05, 0) is 12.1 Å². The normalized spacial score (nSPS) is 14.5. The first-order chi connectivity index (χ1) is 7.22. The van der Waals surface area contributed by atoms with E-state index in [0.717, 1.165) is 6.29 Å². The predicted octanol–water partition coefficient (Wildman–Crippen LogP) is 1.30. The highest BCUT2D eigenvalue weighted by atomic mass is 35.5. The molecule has 0 bridgehead atoms. The van der Waals surface area contributed by atoms with Crippen LogP contribution >= 0.6 is 11.6 Å². The van der Waals surface area contributed by atoms with E-state index in [-0.39, 0.29) is 19.0 Å². The van der Waals surface area contributed by atoms with Crippen molar-refractivity contribution in [2.75, 3.05) is 23.3 Å². The minimum absolute atomic E-state index is 0.133. The lowest BCUT2D eigenvalue weighted by atomic mass is 10.2. The maximum Gasteiger partial charge on any atom is 0.243 e. The van der Waals surface area contributed by atoms with E-state index in [1.54, 1.807) is 23.1 Å². The number of para-hydroxylation sites is 1. The first-order valence-corrected chi connectivity index (χ1v) is 4.87. The minimum atomic E-state index is -0.133. The Morgan fingerprint density at radius 3 is 3.07 bits per heavy atom. The lowest BCUT2D eigenvalue weighted by Crippen LogP contribution is -2.39. The van der Waals surface area contributed by atoms with Gasteiger partial charge in [0, 0.05) is 0 Å². The number of hydrogen-bond donors (Lipinski definition) is 1. The van der Waals surface area contributed by atoms with Gasteiger partial charge in [0.15, 0.2) is 0 Å². The summed E-state index contributed by atoms with van der Waals surface area (Å²) >= 11 is 6.01. The Morgan fingerprint density at radius 1 is 1.53 bits per heavy atom. The lowest BCUT2D eigenvalue weighted by molar-refractivity contribution is -0.115. The molecule has 0 aliphatic carbocycles. The Kier molecular flexibility index (Phi) is 2.60. The van der Waals surface area contributed by atoms with Gasteiger partial charge in [-0.2, -0.15) is 0 Å². The fraction of sp³-hybridized carbons (Fsp3) is 0.200. The smallest absolute Gasteiger partial charge is 0.243 e. The van der Waals surface area contributed by atoms with Crippen molar-refractivity contribution in [1.29, 1.82) is 0 Å². The number of rotatable bonds is 2. The van der Waals surface area contributed by atoms with Gasteiger partial charge in [-0.25, -0.2) is 0 Å². The highest BCUT2D eigenvalue weighted by Gasteiger charge is 2.23. The third kappa shape index (κ3) is 1.80. The van der Waals surface area contributed by atoms with Crippen LogP contribution in [0.15, 0.2) is 18.2 Å². The van der Waals surface area contributed by atoms with Crippen LogP contribution in [0, 0.1) is 0 Å².